The Kier molecular flexibility index (Phi) is 3.56. The highest BCUT2D eigenvalue weighted by atomic mass is 32.2. The van der Waals surface area contributed by atoms with E-state index in [1.54, 1.807) is 13.2 Å². The lowest BCUT2D eigenvalue weighted by Gasteiger charge is -2.37. The number of fused-ring (bicyclic) bond motifs is 1. The van der Waals surface area contributed by atoms with Gasteiger partial charge in [0.2, 0.25) is 0 Å². The van der Waals surface area contributed by atoms with E-state index in [1.165, 1.54) is 11.8 Å². The summed E-state index contributed by atoms with van der Waals surface area (Å²) in [5, 5.41) is 10.5. The topological polar surface area (TPSA) is 54.5 Å². The van der Waals surface area contributed by atoms with Crippen molar-refractivity contribution in [2.24, 2.45) is 0 Å². The standard InChI is InChI=1S/C16H14N2O2S/c1-17-10-11-3-4-13-12(9-11)14(5-8-18-13)21-16(15(19)20)6-2-7-16/h3-5,8-9H,2,6-7H2,1H3/p+1. The van der Waals surface area contributed by atoms with Crippen molar-refractivity contribution in [1.29, 1.82) is 0 Å². The van der Waals surface area contributed by atoms with Gasteiger partial charge in [-0.2, -0.15) is 0 Å². The Bertz CT molecular complexity index is 773. The van der Waals surface area contributed by atoms with Gasteiger partial charge < -0.3 is 5.11 Å². The van der Waals surface area contributed by atoms with Crippen LogP contribution in [0.5, 0.6) is 0 Å². The number of carboxylic acid groups (broad SMARTS) is 1. The third kappa shape index (κ3) is 2.47. The van der Waals surface area contributed by atoms with E-state index >= 15 is 0 Å². The summed E-state index contributed by atoms with van der Waals surface area (Å²) in [6.45, 7) is 0. The van der Waals surface area contributed by atoms with Crippen molar-refractivity contribution in [2.75, 3.05) is 7.05 Å². The van der Waals surface area contributed by atoms with Gasteiger partial charge >= 0.3 is 12.0 Å². The molecule has 4 nitrogen and oxygen atoms in total. The van der Waals surface area contributed by atoms with Gasteiger partial charge in [0.15, 0.2) is 0 Å². The van der Waals surface area contributed by atoms with Crippen molar-refractivity contribution in [2.45, 2.75) is 28.9 Å². The van der Waals surface area contributed by atoms with Crippen LogP contribution in [0.2, 0.25) is 0 Å². The van der Waals surface area contributed by atoms with E-state index in [4.69, 9.17) is 0 Å². The van der Waals surface area contributed by atoms with Gasteiger partial charge in [0, 0.05) is 16.5 Å². The Labute approximate surface area is 127 Å². The molecule has 0 unspecified atom stereocenters. The summed E-state index contributed by atoms with van der Waals surface area (Å²) >= 11 is 1.44. The smallest absolute Gasteiger partial charge is 0.320 e. The minimum absolute atomic E-state index is 0.674. The maximum atomic E-state index is 11.5. The van der Waals surface area contributed by atoms with Gasteiger partial charge in [0.1, 0.15) is 10.3 Å². The number of pyridine rings is 1. The number of aliphatic carboxylic acids is 1. The number of rotatable bonds is 3. The van der Waals surface area contributed by atoms with E-state index in [1.807, 2.05) is 24.3 Å². The molecule has 21 heavy (non-hydrogen) atoms. The first-order valence-electron chi connectivity index (χ1n) is 6.81. The van der Waals surface area contributed by atoms with Crippen LogP contribution in [0.4, 0.5) is 0 Å². The number of nitrogens with zero attached hydrogens (tertiary/aromatic N) is 2. The maximum absolute atomic E-state index is 11.5. The van der Waals surface area contributed by atoms with Gasteiger partial charge in [-0.1, -0.05) is 4.85 Å². The summed E-state index contributed by atoms with van der Waals surface area (Å²) in [4.78, 5) is 20.8. The number of thioether (sulfide) groups is 1. The first-order valence-corrected chi connectivity index (χ1v) is 7.62. The minimum Gasteiger partial charge on any atom is -0.480 e. The van der Waals surface area contributed by atoms with Gasteiger partial charge in [0.05, 0.1) is 5.52 Å². The summed E-state index contributed by atoms with van der Waals surface area (Å²) in [5.74, 6) is -0.721. The molecule has 0 radical (unpaired) electrons. The van der Waals surface area contributed by atoms with Crippen molar-refractivity contribution < 1.29 is 9.90 Å². The highest BCUT2D eigenvalue weighted by Crippen LogP contribution is 2.49. The summed E-state index contributed by atoms with van der Waals surface area (Å²) in [7, 11) is 1.68. The van der Waals surface area contributed by atoms with Crippen LogP contribution < -0.4 is 0 Å². The molecule has 0 aliphatic heterocycles. The zero-order valence-corrected chi connectivity index (χ0v) is 12.5. The second-order valence-corrected chi connectivity index (χ2v) is 6.56. The minimum atomic E-state index is -0.721. The molecule has 3 rings (SSSR count). The van der Waals surface area contributed by atoms with Crippen LogP contribution >= 0.6 is 11.8 Å². The monoisotopic (exact) mass is 299 g/mol. The third-order valence-electron chi connectivity index (χ3n) is 3.80. The van der Waals surface area contributed by atoms with Gasteiger partial charge in [-0.15, -0.1) is 11.8 Å². The quantitative estimate of drug-likeness (QED) is 0.940. The fourth-order valence-corrected chi connectivity index (χ4v) is 3.88. The summed E-state index contributed by atoms with van der Waals surface area (Å²) in [5.41, 5.74) is 1.74. The molecule has 5 heteroatoms. The highest BCUT2D eigenvalue weighted by Gasteiger charge is 2.45. The molecule has 1 N–H and O–H groups in total. The molecule has 106 valence electrons. The Morgan fingerprint density at radius 2 is 2.24 bits per heavy atom. The van der Waals surface area contributed by atoms with Crippen LogP contribution in [0.15, 0.2) is 35.4 Å². The molecule has 0 spiro atoms. The lowest BCUT2D eigenvalue weighted by Crippen LogP contribution is -2.41. The van der Waals surface area contributed by atoms with Crippen molar-refractivity contribution in [3.8, 4) is 6.07 Å². The van der Waals surface area contributed by atoms with E-state index < -0.39 is 10.7 Å². The average Bonchev–Trinajstić information content (AvgIpc) is 2.43. The molecule has 1 heterocycles. The second kappa shape index (κ2) is 5.38. The van der Waals surface area contributed by atoms with Crippen molar-refractivity contribution in [1.82, 2.24) is 4.98 Å². The zero-order valence-electron chi connectivity index (χ0n) is 11.7. The number of carbonyl (C=O) groups is 1. The first kappa shape index (κ1) is 13.9. The second-order valence-electron chi connectivity index (χ2n) is 5.13. The molecule has 2 aromatic rings. The van der Waals surface area contributed by atoms with Crippen LogP contribution in [0.1, 0.15) is 24.8 Å². The van der Waals surface area contributed by atoms with Gasteiger partial charge in [-0.25, -0.2) is 0 Å². The predicted octanol–water partition coefficient (Wildman–Crippen LogP) is 3.65. The summed E-state index contributed by atoms with van der Waals surface area (Å²) in [6, 6.07) is 10.6. The number of aromatic nitrogens is 1. The summed E-state index contributed by atoms with van der Waals surface area (Å²) < 4.78 is -0.674. The van der Waals surface area contributed by atoms with E-state index in [-0.39, 0.29) is 0 Å². The maximum Gasteiger partial charge on any atom is 0.320 e. The molecule has 1 aromatic carbocycles. The third-order valence-corrected chi connectivity index (χ3v) is 5.35. The molecule has 0 atom stereocenters. The fourth-order valence-electron chi connectivity index (χ4n) is 2.48. The van der Waals surface area contributed by atoms with E-state index in [2.05, 4.69) is 15.9 Å². The van der Waals surface area contributed by atoms with Crippen LogP contribution in [0.3, 0.4) is 0 Å². The predicted molar refractivity (Wildman–Crippen MR) is 84.1 cm³/mol. The van der Waals surface area contributed by atoms with Crippen molar-refractivity contribution >= 4 is 28.6 Å². The van der Waals surface area contributed by atoms with E-state index in [0.717, 1.165) is 40.6 Å². The SMILES string of the molecule is C[N+]#Cc1ccc2nccc(SC3(C(=O)O)CCC3)c2c1. The largest absolute Gasteiger partial charge is 0.480 e. The number of hydrogen-bond donors (Lipinski definition) is 1. The van der Waals surface area contributed by atoms with Crippen LogP contribution in [-0.2, 0) is 4.79 Å². The Morgan fingerprint density at radius 1 is 1.43 bits per heavy atom. The first-order chi connectivity index (χ1) is 10.1. The highest BCUT2D eigenvalue weighted by molar-refractivity contribution is 8.01. The van der Waals surface area contributed by atoms with Crippen molar-refractivity contribution in [3.05, 3.63) is 40.9 Å². The molecule has 0 bridgehead atoms. The van der Waals surface area contributed by atoms with Gasteiger partial charge in [-0.05, 0) is 43.5 Å². The Hall–Kier alpha value is -2.06. The van der Waals surface area contributed by atoms with Crippen LogP contribution in [0.25, 0.3) is 15.7 Å². The molecule has 0 amide bonds. The fraction of sp³-hybridized carbons (Fsp3) is 0.312. The summed E-state index contributed by atoms with van der Waals surface area (Å²) in [6.07, 6.45) is 4.15. The average molecular weight is 299 g/mol. The Morgan fingerprint density at radius 3 is 2.86 bits per heavy atom. The van der Waals surface area contributed by atoms with Crippen molar-refractivity contribution in [3.63, 3.8) is 0 Å². The van der Waals surface area contributed by atoms with Crippen LogP contribution in [-0.4, -0.2) is 27.9 Å². The lowest BCUT2D eigenvalue weighted by atomic mass is 9.84. The molecule has 1 saturated carbocycles. The number of benzene rings is 1. The van der Waals surface area contributed by atoms with Crippen LogP contribution in [0, 0.1) is 6.07 Å². The molecular formula is C16H15N2O2S+. The molecule has 1 aromatic heterocycles. The molecule has 1 aliphatic carbocycles. The molecule has 1 fully saturated rings. The molecule has 1 aliphatic rings. The van der Waals surface area contributed by atoms with Gasteiger partial charge in [-0.3, -0.25) is 9.78 Å². The zero-order chi connectivity index (χ0) is 14.9. The number of hydrogen-bond acceptors (Lipinski definition) is 3. The lowest BCUT2D eigenvalue weighted by molar-refractivity contribution is -0.142. The van der Waals surface area contributed by atoms with E-state index in [0.29, 0.717) is 0 Å². The normalized spacial score (nSPS) is 15.9. The number of carboxylic acids is 1. The molecular weight excluding hydrogens is 284 g/mol. The van der Waals surface area contributed by atoms with Gasteiger partial charge in [0.25, 0.3) is 7.05 Å². The van der Waals surface area contributed by atoms with E-state index in [9.17, 15) is 9.90 Å². The molecule has 0 saturated heterocycles. The Balaban J connectivity index is 2.06.